The number of esters is 1. The van der Waals surface area contributed by atoms with Gasteiger partial charge in [0.2, 0.25) is 5.91 Å². The lowest BCUT2D eigenvalue weighted by Gasteiger charge is -2.43. The second-order valence-electron chi connectivity index (χ2n) is 8.88. The van der Waals surface area contributed by atoms with E-state index < -0.39 is 17.4 Å². The minimum absolute atomic E-state index is 0.0490. The van der Waals surface area contributed by atoms with Crippen molar-refractivity contribution in [2.24, 2.45) is 0 Å². The molecule has 0 saturated carbocycles. The highest BCUT2D eigenvalue weighted by Gasteiger charge is 2.48. The molecule has 9 nitrogen and oxygen atoms in total. The molecule has 1 atom stereocenters. The number of nitrogens with one attached hydrogen (secondary N) is 1. The summed E-state index contributed by atoms with van der Waals surface area (Å²) in [7, 11) is 2.82. The van der Waals surface area contributed by atoms with Crippen molar-refractivity contribution >= 4 is 17.8 Å². The van der Waals surface area contributed by atoms with Crippen molar-refractivity contribution in [2.45, 2.75) is 38.4 Å². The zero-order chi connectivity index (χ0) is 25.7. The van der Waals surface area contributed by atoms with Crippen LogP contribution in [0.4, 0.5) is 0 Å². The monoisotopic (exact) mass is 490 g/mol. The number of carbonyl (C=O) groups excluding carboxylic acids is 3. The molecule has 2 heterocycles. The van der Waals surface area contributed by atoms with Crippen LogP contribution < -0.4 is 10.1 Å². The zero-order valence-electron chi connectivity index (χ0n) is 20.7. The van der Waals surface area contributed by atoms with Gasteiger partial charge in [-0.25, -0.2) is 9.78 Å². The second-order valence-corrected chi connectivity index (χ2v) is 8.88. The van der Waals surface area contributed by atoms with Gasteiger partial charge in [-0.2, -0.15) is 0 Å². The molecule has 0 saturated heterocycles. The Labute approximate surface area is 210 Å². The van der Waals surface area contributed by atoms with Gasteiger partial charge in [0.05, 0.1) is 27.1 Å². The van der Waals surface area contributed by atoms with Crippen LogP contribution in [0.2, 0.25) is 0 Å². The topological polar surface area (TPSA) is 103 Å². The summed E-state index contributed by atoms with van der Waals surface area (Å²) in [6.45, 7) is 2.47. The minimum Gasteiger partial charge on any atom is -0.496 e. The maximum absolute atomic E-state index is 13.7. The van der Waals surface area contributed by atoms with Crippen molar-refractivity contribution in [1.29, 1.82) is 0 Å². The van der Waals surface area contributed by atoms with Crippen LogP contribution in [0.3, 0.4) is 0 Å². The van der Waals surface area contributed by atoms with Crippen molar-refractivity contribution in [3.05, 3.63) is 83.4 Å². The Balaban J connectivity index is 1.60. The number of benzene rings is 2. The van der Waals surface area contributed by atoms with Crippen LogP contribution in [0.5, 0.6) is 5.75 Å². The number of hydrogen-bond acceptors (Lipinski definition) is 6. The van der Waals surface area contributed by atoms with E-state index in [1.165, 1.54) is 13.4 Å². The van der Waals surface area contributed by atoms with Crippen molar-refractivity contribution in [2.75, 3.05) is 20.8 Å². The van der Waals surface area contributed by atoms with Gasteiger partial charge >= 0.3 is 5.97 Å². The number of carbonyl (C=O) groups is 3. The van der Waals surface area contributed by atoms with Gasteiger partial charge in [-0.3, -0.25) is 9.59 Å². The van der Waals surface area contributed by atoms with Gasteiger partial charge in [0.1, 0.15) is 17.0 Å². The summed E-state index contributed by atoms with van der Waals surface area (Å²) in [4.78, 5) is 45.3. The van der Waals surface area contributed by atoms with Gasteiger partial charge in [-0.05, 0) is 31.4 Å². The molecule has 1 unspecified atom stereocenters. The van der Waals surface area contributed by atoms with Crippen molar-refractivity contribution < 1.29 is 23.9 Å². The zero-order valence-corrected chi connectivity index (χ0v) is 20.7. The number of methoxy groups -OCH3 is 2. The normalized spacial score (nSPS) is 16.9. The van der Waals surface area contributed by atoms with Gasteiger partial charge in [-0.1, -0.05) is 48.5 Å². The molecule has 1 N–H and O–H groups in total. The first-order valence-corrected chi connectivity index (χ1v) is 11.8. The van der Waals surface area contributed by atoms with E-state index in [-0.39, 0.29) is 30.4 Å². The molecule has 0 bridgehead atoms. The average Bonchev–Trinajstić information content (AvgIpc) is 3.33. The largest absolute Gasteiger partial charge is 0.496 e. The smallest absolute Gasteiger partial charge is 0.359 e. The van der Waals surface area contributed by atoms with E-state index >= 15 is 0 Å². The molecule has 188 valence electrons. The molecule has 1 aliphatic rings. The lowest BCUT2D eigenvalue weighted by Crippen LogP contribution is -2.64. The van der Waals surface area contributed by atoms with Crippen LogP contribution in [0.15, 0.2) is 60.9 Å². The van der Waals surface area contributed by atoms with Crippen LogP contribution in [0.1, 0.15) is 45.4 Å². The fourth-order valence-electron chi connectivity index (χ4n) is 4.59. The third-order valence-corrected chi connectivity index (χ3v) is 6.55. The number of aromatic nitrogens is 2. The summed E-state index contributed by atoms with van der Waals surface area (Å²) < 4.78 is 11.8. The van der Waals surface area contributed by atoms with Crippen LogP contribution >= 0.6 is 0 Å². The van der Waals surface area contributed by atoms with Gasteiger partial charge in [0.25, 0.3) is 5.91 Å². The number of ether oxygens (including phenoxy) is 2. The summed E-state index contributed by atoms with van der Waals surface area (Å²) in [6, 6.07) is 17.4. The van der Waals surface area contributed by atoms with Gasteiger partial charge in [0, 0.05) is 18.7 Å². The van der Waals surface area contributed by atoms with Crippen molar-refractivity contribution in [3.8, 4) is 5.75 Å². The number of rotatable bonds is 9. The molecule has 1 aromatic heterocycles. The van der Waals surface area contributed by atoms with Crippen LogP contribution in [0, 0.1) is 0 Å². The van der Waals surface area contributed by atoms with Crippen LogP contribution in [0.25, 0.3) is 0 Å². The summed E-state index contributed by atoms with van der Waals surface area (Å²) in [5, 5.41) is 2.98. The number of hydrogen-bond donors (Lipinski definition) is 1. The molecule has 2 amide bonds. The maximum Gasteiger partial charge on any atom is 0.359 e. The van der Waals surface area contributed by atoms with Gasteiger partial charge in [-0.15, -0.1) is 0 Å². The Morgan fingerprint density at radius 3 is 2.53 bits per heavy atom. The summed E-state index contributed by atoms with van der Waals surface area (Å²) in [5.41, 5.74) is 0.857. The molecule has 2 aromatic carbocycles. The third-order valence-electron chi connectivity index (χ3n) is 6.55. The van der Waals surface area contributed by atoms with Gasteiger partial charge < -0.3 is 24.3 Å². The molecule has 0 fully saturated rings. The fourth-order valence-corrected chi connectivity index (χ4v) is 4.59. The SMILES string of the molecule is COC(=O)c1ncn2c1C(=O)N(CCCc1ccccc1)C(C)(C(=O)NCc1ccccc1OC)C2. The number of aryl methyl sites for hydroxylation is 1. The van der Waals surface area contributed by atoms with Crippen molar-refractivity contribution in [3.63, 3.8) is 0 Å². The Hall–Kier alpha value is -4.14. The minimum atomic E-state index is -1.20. The first kappa shape index (κ1) is 25.0. The lowest BCUT2D eigenvalue weighted by atomic mass is 9.93. The maximum atomic E-state index is 13.7. The number of amides is 2. The molecular weight excluding hydrogens is 460 g/mol. The van der Waals surface area contributed by atoms with Gasteiger partial charge in [0.15, 0.2) is 5.69 Å². The second kappa shape index (κ2) is 10.6. The molecule has 3 aromatic rings. The summed E-state index contributed by atoms with van der Waals surface area (Å²) in [5.74, 6) is -0.754. The Morgan fingerprint density at radius 1 is 1.08 bits per heavy atom. The van der Waals surface area contributed by atoms with E-state index in [1.54, 1.807) is 23.5 Å². The van der Waals surface area contributed by atoms with Crippen molar-refractivity contribution in [1.82, 2.24) is 19.8 Å². The van der Waals surface area contributed by atoms with E-state index in [9.17, 15) is 14.4 Å². The van der Waals surface area contributed by atoms with E-state index in [0.29, 0.717) is 18.7 Å². The Kier molecular flexibility index (Phi) is 7.38. The summed E-state index contributed by atoms with van der Waals surface area (Å²) >= 11 is 0. The van der Waals surface area contributed by atoms with Crippen LogP contribution in [-0.2, 0) is 29.0 Å². The lowest BCUT2D eigenvalue weighted by molar-refractivity contribution is -0.133. The highest BCUT2D eigenvalue weighted by molar-refractivity contribution is 6.06. The predicted molar refractivity (Wildman–Crippen MR) is 133 cm³/mol. The van der Waals surface area contributed by atoms with E-state index in [4.69, 9.17) is 9.47 Å². The Bertz CT molecular complexity index is 1260. The number of fused-ring (bicyclic) bond motifs is 1. The molecule has 1 aliphatic heterocycles. The molecule has 9 heteroatoms. The Morgan fingerprint density at radius 2 is 1.81 bits per heavy atom. The molecule has 4 rings (SSSR count). The molecule has 0 aliphatic carbocycles. The third kappa shape index (κ3) is 4.82. The number of nitrogens with zero attached hydrogens (tertiary/aromatic N) is 3. The number of para-hydroxylation sites is 1. The van der Waals surface area contributed by atoms with Crippen LogP contribution in [-0.4, -0.2) is 58.5 Å². The highest BCUT2D eigenvalue weighted by atomic mass is 16.5. The number of imidazole rings is 1. The fraction of sp³-hybridized carbons (Fsp3) is 0.333. The quantitative estimate of drug-likeness (QED) is 0.463. The molecule has 0 radical (unpaired) electrons. The van der Waals surface area contributed by atoms with E-state index in [0.717, 1.165) is 17.5 Å². The average molecular weight is 491 g/mol. The molecule has 36 heavy (non-hydrogen) atoms. The highest BCUT2D eigenvalue weighted by Crippen LogP contribution is 2.30. The molecule has 0 spiro atoms. The first-order valence-electron chi connectivity index (χ1n) is 11.8. The standard InChI is InChI=1S/C27H30N4O5/c1-27(26(34)28-16-20-13-7-8-14-21(20)35-2)17-30-18-29-22(25(33)36-3)23(30)24(32)31(27)15-9-12-19-10-5-4-6-11-19/h4-8,10-11,13-14,18H,9,12,15-17H2,1-3H3,(H,28,34). The first-order chi connectivity index (χ1) is 17.4. The predicted octanol–water partition coefficient (Wildman–Crippen LogP) is 2.84. The summed E-state index contributed by atoms with van der Waals surface area (Å²) in [6.07, 6.45) is 2.80. The molecular formula is C27H30N4O5. The van der Waals surface area contributed by atoms with E-state index in [2.05, 4.69) is 10.3 Å². The van der Waals surface area contributed by atoms with E-state index in [1.807, 2.05) is 54.6 Å².